The molecule has 0 aromatic heterocycles. The molecule has 0 aromatic carbocycles. The Morgan fingerprint density at radius 2 is 2.12 bits per heavy atom. The highest BCUT2D eigenvalue weighted by Gasteiger charge is 2.06. The van der Waals surface area contributed by atoms with E-state index in [4.69, 9.17) is 22.6 Å². The van der Waals surface area contributed by atoms with Crippen molar-refractivity contribution in [1.82, 2.24) is 5.32 Å². The lowest BCUT2D eigenvalue weighted by molar-refractivity contribution is -0.888. The molecule has 2 heterocycles. The maximum absolute atomic E-state index is 8.45. The van der Waals surface area contributed by atoms with Gasteiger partial charge >= 0.3 is 0 Å². The first-order valence-electron chi connectivity index (χ1n) is 5.67. The summed E-state index contributed by atoms with van der Waals surface area (Å²) in [6.45, 7) is 5.18. The smallest absolute Gasteiger partial charge is 0.101 e. The minimum absolute atomic E-state index is 0.642. The van der Waals surface area contributed by atoms with Gasteiger partial charge in [0.25, 0.3) is 0 Å². The van der Waals surface area contributed by atoms with Gasteiger partial charge < -0.3 is 27.6 Å². The maximum atomic E-state index is 8.45. The highest BCUT2D eigenvalue weighted by atomic mass is 32.1. The van der Waals surface area contributed by atoms with Gasteiger partial charge in [-0.25, -0.2) is 0 Å². The van der Waals surface area contributed by atoms with Crippen LogP contribution in [0.25, 0.3) is 0 Å². The summed E-state index contributed by atoms with van der Waals surface area (Å²) in [7, 11) is 2.20. The minimum Gasteiger partial charge on any atom is -0.762 e. The van der Waals surface area contributed by atoms with Gasteiger partial charge in [-0.2, -0.15) is 5.26 Å². The summed E-state index contributed by atoms with van der Waals surface area (Å²) in [5.74, 6) is 0. The first-order chi connectivity index (χ1) is 7.74. The highest BCUT2D eigenvalue weighted by Crippen LogP contribution is 2.11. The Labute approximate surface area is 103 Å². The van der Waals surface area contributed by atoms with Crippen LogP contribution in [0.5, 0.6) is 0 Å². The van der Waals surface area contributed by atoms with E-state index in [2.05, 4.69) is 18.4 Å². The quantitative estimate of drug-likeness (QED) is 0.544. The summed E-state index contributed by atoms with van der Waals surface area (Å²) >= 11 is 4.86. The van der Waals surface area contributed by atoms with Crippen molar-refractivity contribution in [3.8, 4) is 6.07 Å². The molecule has 1 saturated heterocycles. The van der Waals surface area contributed by atoms with Crippen LogP contribution >= 0.6 is 0 Å². The second-order valence-electron chi connectivity index (χ2n) is 4.02. The molecule has 2 aliphatic rings. The lowest BCUT2D eigenvalue weighted by Crippen LogP contribution is -3.11. The largest absolute Gasteiger partial charge is 0.762 e. The predicted molar refractivity (Wildman–Crippen MR) is 64.7 cm³/mol. The van der Waals surface area contributed by atoms with E-state index >= 15 is 0 Å². The lowest BCUT2D eigenvalue weighted by Gasteiger charge is -2.22. The van der Waals surface area contributed by atoms with Crippen molar-refractivity contribution >= 4 is 12.6 Å². The Morgan fingerprint density at radius 3 is 2.50 bits per heavy atom. The summed E-state index contributed by atoms with van der Waals surface area (Å²) in [6.07, 6.45) is 1.88. The van der Waals surface area contributed by atoms with Crippen LogP contribution in [0.15, 0.2) is 10.6 Å². The fraction of sp³-hybridized carbons (Fsp3) is 0.727. The highest BCUT2D eigenvalue weighted by molar-refractivity contribution is 7.63. The molecule has 90 valence electrons. The summed E-state index contributed by atoms with van der Waals surface area (Å²) in [5.41, 5.74) is 0.733. The van der Waals surface area contributed by atoms with E-state index in [1.54, 1.807) is 4.90 Å². The fourth-order valence-corrected chi connectivity index (χ4v) is 1.76. The molecule has 4 nitrogen and oxygen atoms in total. The minimum atomic E-state index is 0.642. The van der Waals surface area contributed by atoms with E-state index in [1.165, 1.54) is 13.1 Å². The Balaban J connectivity index is 0.000000165. The van der Waals surface area contributed by atoms with Gasteiger partial charge in [-0.05, 0) is 12.8 Å². The number of hydrogen-bond acceptors (Lipinski definition) is 4. The van der Waals surface area contributed by atoms with Crippen LogP contribution in [0.2, 0.25) is 0 Å². The average molecular weight is 241 g/mol. The third-order valence-corrected chi connectivity index (χ3v) is 3.04. The number of ether oxygens (including phenoxy) is 1. The summed E-state index contributed by atoms with van der Waals surface area (Å²) in [5, 5.41) is 12.0. The molecular weight excluding hydrogens is 222 g/mol. The third kappa shape index (κ3) is 4.79. The van der Waals surface area contributed by atoms with Gasteiger partial charge in [-0.1, -0.05) is 0 Å². The fourth-order valence-electron chi connectivity index (χ4n) is 1.51. The van der Waals surface area contributed by atoms with E-state index in [0.29, 0.717) is 5.03 Å². The Kier molecular flexibility index (Phi) is 6.16. The second kappa shape index (κ2) is 7.44. The van der Waals surface area contributed by atoms with Gasteiger partial charge in [-0.15, -0.1) is 5.03 Å². The maximum Gasteiger partial charge on any atom is 0.101 e. The van der Waals surface area contributed by atoms with E-state index in [9.17, 15) is 0 Å². The van der Waals surface area contributed by atoms with Crippen molar-refractivity contribution in [2.75, 3.05) is 39.9 Å². The molecule has 0 bridgehead atoms. The molecule has 2 aliphatic heterocycles. The van der Waals surface area contributed by atoms with Gasteiger partial charge in [-0.3, -0.25) is 0 Å². The number of morpholine rings is 1. The standard InChI is InChI=1S/C6H8N2S.C5H11NO/c7-4-5-2-1-3-8-6(5)9;1-6-2-4-7-5-3-6/h8-9H,1-3H2;2-5H2,1H3. The van der Waals surface area contributed by atoms with Crippen molar-refractivity contribution in [3.63, 3.8) is 0 Å². The Bertz CT molecular complexity index is 279. The van der Waals surface area contributed by atoms with Crippen molar-refractivity contribution in [3.05, 3.63) is 10.6 Å². The van der Waals surface area contributed by atoms with Crippen molar-refractivity contribution in [2.45, 2.75) is 12.8 Å². The number of allylic oxidation sites excluding steroid dienone is 1. The zero-order valence-electron chi connectivity index (χ0n) is 9.71. The number of nitrogens with one attached hydrogen (secondary N) is 2. The van der Waals surface area contributed by atoms with Crippen LogP contribution < -0.4 is 10.2 Å². The number of likely N-dealkylation sites (N-methyl/N-ethyl adjacent to an activating group) is 1. The number of nitrogens with zero attached hydrogens (tertiary/aromatic N) is 1. The van der Waals surface area contributed by atoms with Crippen LogP contribution in [0, 0.1) is 11.3 Å². The molecule has 16 heavy (non-hydrogen) atoms. The molecule has 5 heteroatoms. The molecular formula is C11H19N3OS. The normalized spacial score (nSPS) is 21.5. The summed E-state index contributed by atoms with van der Waals surface area (Å²) in [6, 6.07) is 2.07. The predicted octanol–water partition coefficient (Wildman–Crippen LogP) is -0.817. The van der Waals surface area contributed by atoms with Crippen molar-refractivity contribution in [1.29, 1.82) is 5.26 Å². The Hall–Kier alpha value is -0.830. The van der Waals surface area contributed by atoms with Gasteiger partial charge in [0.05, 0.1) is 26.3 Å². The van der Waals surface area contributed by atoms with Gasteiger partial charge in [0, 0.05) is 12.1 Å². The molecule has 1 fully saturated rings. The molecule has 0 spiro atoms. The van der Waals surface area contributed by atoms with Crippen LogP contribution in [-0.2, 0) is 17.4 Å². The number of nitriles is 1. The molecule has 0 atom stereocenters. The van der Waals surface area contributed by atoms with Gasteiger partial charge in [0.1, 0.15) is 13.1 Å². The molecule has 0 aromatic rings. The van der Waals surface area contributed by atoms with Crippen molar-refractivity contribution < 1.29 is 9.64 Å². The van der Waals surface area contributed by atoms with Crippen molar-refractivity contribution in [2.24, 2.45) is 0 Å². The molecule has 0 unspecified atom stereocenters. The summed E-state index contributed by atoms with van der Waals surface area (Å²) < 4.78 is 5.12. The zero-order valence-corrected chi connectivity index (χ0v) is 10.5. The SMILES string of the molecule is C[NH+]1CCOCC1.N#CC1=C([S-])NCCC1. The Morgan fingerprint density at radius 1 is 1.44 bits per heavy atom. The molecule has 2 N–H and O–H groups in total. The first-order valence-corrected chi connectivity index (χ1v) is 6.08. The van der Waals surface area contributed by atoms with Gasteiger partial charge in [0.15, 0.2) is 0 Å². The van der Waals surface area contributed by atoms with E-state index < -0.39 is 0 Å². The number of rotatable bonds is 0. The van der Waals surface area contributed by atoms with Crippen LogP contribution in [0.1, 0.15) is 12.8 Å². The summed E-state index contributed by atoms with van der Waals surface area (Å²) in [4.78, 5) is 1.59. The number of hydrogen-bond donors (Lipinski definition) is 2. The third-order valence-electron chi connectivity index (χ3n) is 2.64. The molecule has 2 rings (SSSR count). The molecule has 0 saturated carbocycles. The zero-order chi connectivity index (χ0) is 11.8. The van der Waals surface area contributed by atoms with E-state index in [-0.39, 0.29) is 0 Å². The van der Waals surface area contributed by atoms with Crippen LogP contribution in [-0.4, -0.2) is 39.9 Å². The lowest BCUT2D eigenvalue weighted by atomic mass is 10.1. The topological polar surface area (TPSA) is 49.5 Å². The second-order valence-corrected chi connectivity index (χ2v) is 4.43. The molecule has 0 amide bonds. The van der Waals surface area contributed by atoms with Crippen LogP contribution in [0.4, 0.5) is 0 Å². The average Bonchev–Trinajstić information content (AvgIpc) is 2.31. The van der Waals surface area contributed by atoms with Gasteiger partial charge in [0.2, 0.25) is 0 Å². The van der Waals surface area contributed by atoms with E-state index in [1.807, 2.05) is 0 Å². The molecule has 0 radical (unpaired) electrons. The van der Waals surface area contributed by atoms with E-state index in [0.717, 1.165) is 38.2 Å². The number of quaternary nitrogens is 1. The molecule has 0 aliphatic carbocycles. The first kappa shape index (κ1) is 13.2. The monoisotopic (exact) mass is 241 g/mol. The van der Waals surface area contributed by atoms with Crippen LogP contribution in [0.3, 0.4) is 0 Å².